The summed E-state index contributed by atoms with van der Waals surface area (Å²) in [7, 11) is 0. The van der Waals surface area contributed by atoms with E-state index in [1.807, 2.05) is 36.4 Å². The highest BCUT2D eigenvalue weighted by Crippen LogP contribution is 2.48. The molecule has 2 nitrogen and oxygen atoms in total. The Balaban J connectivity index is 0.00000259. The third kappa shape index (κ3) is 4.41. The molecule has 33 heavy (non-hydrogen) atoms. The van der Waals surface area contributed by atoms with Crippen molar-refractivity contribution in [3.05, 3.63) is 95.6 Å². The molecule has 5 rings (SSSR count). The lowest BCUT2D eigenvalue weighted by Gasteiger charge is -2.32. The zero-order chi connectivity index (χ0) is 22.0. The molecule has 0 amide bonds. The van der Waals surface area contributed by atoms with Gasteiger partial charge in [0.2, 0.25) is 0 Å². The molecule has 3 aromatic rings. The first kappa shape index (κ1) is 23.8. The molecule has 3 aromatic carbocycles. The van der Waals surface area contributed by atoms with Crippen molar-refractivity contribution >= 4 is 0 Å². The Morgan fingerprint density at radius 2 is 1.48 bits per heavy atom. The summed E-state index contributed by atoms with van der Waals surface area (Å²) in [6.07, 6.45) is 2.85. The van der Waals surface area contributed by atoms with Gasteiger partial charge in [0.1, 0.15) is 12.1 Å². The van der Waals surface area contributed by atoms with Crippen LogP contribution in [0.15, 0.2) is 78.9 Å². The summed E-state index contributed by atoms with van der Waals surface area (Å²) in [6, 6.07) is 27.4. The summed E-state index contributed by atoms with van der Waals surface area (Å²) < 4.78 is 1.08. The Morgan fingerprint density at radius 1 is 0.879 bits per heavy atom. The molecule has 0 radical (unpaired) electrons. The van der Waals surface area contributed by atoms with Crippen LogP contribution in [0, 0.1) is 11.8 Å². The molecule has 2 atom stereocenters. The number of benzene rings is 3. The molecule has 1 N–H and O–H groups in total. The van der Waals surface area contributed by atoms with Crippen molar-refractivity contribution < 1.29 is 26.6 Å². The number of nitrogens with zero attached hydrogens (tertiary/aromatic N) is 1. The first-order valence-electron chi connectivity index (χ1n) is 11.9. The lowest BCUT2D eigenvalue weighted by molar-refractivity contribution is -0.910. The fourth-order valence-electron chi connectivity index (χ4n) is 5.88. The van der Waals surface area contributed by atoms with Gasteiger partial charge < -0.3 is 26.6 Å². The Labute approximate surface area is 208 Å². The van der Waals surface area contributed by atoms with Crippen molar-refractivity contribution in [3.63, 3.8) is 0 Å². The van der Waals surface area contributed by atoms with Gasteiger partial charge in [-0.25, -0.2) is 0 Å². The van der Waals surface area contributed by atoms with Gasteiger partial charge in [-0.05, 0) is 40.2 Å². The minimum absolute atomic E-state index is 0. The van der Waals surface area contributed by atoms with Crippen molar-refractivity contribution in [2.75, 3.05) is 26.2 Å². The number of fused-ring (bicyclic) bond motifs is 3. The maximum atomic E-state index is 11.7. The van der Waals surface area contributed by atoms with E-state index in [0.29, 0.717) is 12.3 Å². The van der Waals surface area contributed by atoms with E-state index in [0.717, 1.165) is 33.3 Å². The zero-order valence-corrected chi connectivity index (χ0v) is 20.9. The predicted molar refractivity (Wildman–Crippen MR) is 131 cm³/mol. The molecule has 1 fully saturated rings. The summed E-state index contributed by atoms with van der Waals surface area (Å²) in [6.45, 7) is 6.68. The van der Waals surface area contributed by atoms with E-state index in [9.17, 15) is 5.11 Å². The van der Waals surface area contributed by atoms with Crippen molar-refractivity contribution in [1.29, 1.82) is 0 Å². The van der Waals surface area contributed by atoms with Gasteiger partial charge in [0.25, 0.3) is 0 Å². The second-order valence-corrected chi connectivity index (χ2v) is 9.51. The standard InChI is InChI=1S/C30H32NO.BrH/c1-2-20-31(22-18-25(23-31)24-12-4-3-5-13-24)21-11-10-19-30(32)28-16-8-6-14-26(28)27-15-7-9-17-29(27)30;/h3-9,12-17,25,32H,2,18-23H2,1H3;1H/q+1;/p-1. The maximum Gasteiger partial charge on any atom is 0.140 e. The topological polar surface area (TPSA) is 20.2 Å². The van der Waals surface area contributed by atoms with Crippen LogP contribution >= 0.6 is 0 Å². The van der Waals surface area contributed by atoms with Crippen LogP contribution in [0.25, 0.3) is 11.1 Å². The van der Waals surface area contributed by atoms with Crippen molar-refractivity contribution in [2.45, 2.75) is 37.7 Å². The Kier molecular flexibility index (Phi) is 7.10. The number of halogens is 1. The molecule has 0 saturated carbocycles. The molecule has 170 valence electrons. The highest BCUT2D eigenvalue weighted by Gasteiger charge is 2.41. The van der Waals surface area contributed by atoms with Crippen LogP contribution in [0.4, 0.5) is 0 Å². The number of quaternary nitrogens is 1. The van der Waals surface area contributed by atoms with E-state index >= 15 is 0 Å². The number of rotatable bonds is 5. The van der Waals surface area contributed by atoms with E-state index < -0.39 is 5.60 Å². The van der Waals surface area contributed by atoms with Crippen molar-refractivity contribution in [1.82, 2.24) is 0 Å². The van der Waals surface area contributed by atoms with Gasteiger partial charge in [-0.3, -0.25) is 0 Å². The van der Waals surface area contributed by atoms with Gasteiger partial charge >= 0.3 is 0 Å². The molecular formula is C30H32BrNO. The van der Waals surface area contributed by atoms with Gasteiger partial charge in [0.15, 0.2) is 0 Å². The lowest BCUT2D eigenvalue weighted by Crippen LogP contribution is -3.00. The fourth-order valence-corrected chi connectivity index (χ4v) is 5.88. The SMILES string of the molecule is CCC[N+]1(CC#CCC2(O)c3ccccc3-c3ccccc32)CCC(c2ccccc2)C1.[Br-]. The minimum atomic E-state index is -1.02. The smallest absolute Gasteiger partial charge is 0.140 e. The number of likely N-dealkylation sites (tertiary alicyclic amines) is 1. The molecule has 2 aliphatic rings. The first-order chi connectivity index (χ1) is 15.7. The molecule has 0 spiro atoms. The molecule has 2 unspecified atom stereocenters. The van der Waals surface area contributed by atoms with E-state index in [1.165, 1.54) is 38.0 Å². The van der Waals surface area contributed by atoms with E-state index in [2.05, 4.69) is 61.2 Å². The third-order valence-electron chi connectivity index (χ3n) is 7.45. The summed E-state index contributed by atoms with van der Waals surface area (Å²) in [5.41, 5.74) is 4.67. The van der Waals surface area contributed by atoms with Gasteiger partial charge in [-0.2, -0.15) is 0 Å². The van der Waals surface area contributed by atoms with Gasteiger partial charge in [-0.1, -0.05) is 91.7 Å². The van der Waals surface area contributed by atoms with Crippen molar-refractivity contribution in [3.8, 4) is 23.0 Å². The molecule has 0 aromatic heterocycles. The number of aliphatic hydroxyl groups is 1. The Morgan fingerprint density at radius 3 is 2.12 bits per heavy atom. The Hall–Kier alpha value is -2.38. The average Bonchev–Trinajstić information content (AvgIpc) is 3.37. The van der Waals surface area contributed by atoms with Crippen LogP contribution in [0.3, 0.4) is 0 Å². The predicted octanol–water partition coefficient (Wildman–Crippen LogP) is 2.71. The third-order valence-corrected chi connectivity index (χ3v) is 7.45. The molecule has 1 aliphatic carbocycles. The largest absolute Gasteiger partial charge is 1.00 e. The second kappa shape index (κ2) is 9.85. The molecule has 3 heteroatoms. The van der Waals surface area contributed by atoms with Crippen LogP contribution < -0.4 is 17.0 Å². The highest BCUT2D eigenvalue weighted by atomic mass is 79.9. The van der Waals surface area contributed by atoms with E-state index in [-0.39, 0.29) is 17.0 Å². The summed E-state index contributed by atoms with van der Waals surface area (Å²) in [4.78, 5) is 0. The maximum absolute atomic E-state index is 11.7. The average molecular weight is 502 g/mol. The summed E-state index contributed by atoms with van der Waals surface area (Å²) in [5.74, 6) is 7.53. The summed E-state index contributed by atoms with van der Waals surface area (Å²) in [5, 5.41) is 11.7. The molecule has 1 aliphatic heterocycles. The second-order valence-electron chi connectivity index (χ2n) is 9.51. The molecular weight excluding hydrogens is 470 g/mol. The van der Waals surface area contributed by atoms with Crippen LogP contribution in [0.1, 0.15) is 48.8 Å². The summed E-state index contributed by atoms with van der Waals surface area (Å²) >= 11 is 0. The Bertz CT molecular complexity index is 1120. The van der Waals surface area contributed by atoms with Crippen LogP contribution in [0.2, 0.25) is 0 Å². The lowest BCUT2D eigenvalue weighted by atomic mass is 9.88. The van der Waals surface area contributed by atoms with Crippen molar-refractivity contribution in [2.24, 2.45) is 0 Å². The van der Waals surface area contributed by atoms with E-state index in [4.69, 9.17) is 0 Å². The highest BCUT2D eigenvalue weighted by molar-refractivity contribution is 5.80. The fraction of sp³-hybridized carbons (Fsp3) is 0.333. The molecule has 1 saturated heterocycles. The molecule has 0 bridgehead atoms. The van der Waals surface area contributed by atoms with Gasteiger partial charge in [0.05, 0.1) is 19.6 Å². The van der Waals surface area contributed by atoms with E-state index in [1.54, 1.807) is 0 Å². The minimum Gasteiger partial charge on any atom is -1.00 e. The normalized spacial score (nSPS) is 21.9. The van der Waals surface area contributed by atoms with Crippen LogP contribution in [-0.2, 0) is 5.60 Å². The zero-order valence-electron chi connectivity index (χ0n) is 19.3. The number of hydrogen-bond acceptors (Lipinski definition) is 1. The number of hydrogen-bond donors (Lipinski definition) is 1. The monoisotopic (exact) mass is 501 g/mol. The van der Waals surface area contributed by atoms with Gasteiger partial charge in [0, 0.05) is 18.8 Å². The van der Waals surface area contributed by atoms with Gasteiger partial charge in [-0.15, -0.1) is 0 Å². The molecule has 1 heterocycles. The van der Waals surface area contributed by atoms with Crippen LogP contribution in [0.5, 0.6) is 0 Å². The van der Waals surface area contributed by atoms with Crippen LogP contribution in [-0.4, -0.2) is 35.8 Å². The quantitative estimate of drug-likeness (QED) is 0.421. The first-order valence-corrected chi connectivity index (χ1v) is 11.9.